The highest BCUT2D eigenvalue weighted by Gasteiger charge is 2.35. The second kappa shape index (κ2) is 9.60. The third-order valence-corrected chi connectivity index (χ3v) is 7.27. The van der Waals surface area contributed by atoms with E-state index in [-0.39, 0.29) is 23.6 Å². The molecule has 2 aromatic rings. The van der Waals surface area contributed by atoms with Gasteiger partial charge in [0.1, 0.15) is 0 Å². The summed E-state index contributed by atoms with van der Waals surface area (Å²) in [5, 5.41) is 7.65. The van der Waals surface area contributed by atoms with Gasteiger partial charge in [-0.05, 0) is 37.7 Å². The topological polar surface area (TPSA) is 87.5 Å². The van der Waals surface area contributed by atoms with E-state index in [0.29, 0.717) is 57.2 Å². The second-order valence-corrected chi connectivity index (χ2v) is 9.82. The number of aryl methyl sites for hydroxylation is 2. The van der Waals surface area contributed by atoms with Crippen molar-refractivity contribution >= 4 is 17.7 Å². The van der Waals surface area contributed by atoms with Crippen molar-refractivity contribution in [3.8, 4) is 0 Å². The fourth-order valence-corrected chi connectivity index (χ4v) is 5.10. The van der Waals surface area contributed by atoms with Crippen molar-refractivity contribution in [2.45, 2.75) is 57.5 Å². The third-order valence-electron chi connectivity index (χ3n) is 7.27. The summed E-state index contributed by atoms with van der Waals surface area (Å²) in [7, 11) is 1.87. The van der Waals surface area contributed by atoms with Crippen LogP contribution in [0.2, 0.25) is 0 Å². The lowest BCUT2D eigenvalue weighted by atomic mass is 9.96. The average molecular weight is 464 g/mol. The van der Waals surface area contributed by atoms with E-state index >= 15 is 0 Å². The lowest BCUT2D eigenvalue weighted by molar-refractivity contribution is -0.132. The number of fused-ring (bicyclic) bond motifs is 1. The summed E-state index contributed by atoms with van der Waals surface area (Å²) in [6.07, 6.45) is 5.59. The summed E-state index contributed by atoms with van der Waals surface area (Å²) < 4.78 is 1.79. The zero-order chi connectivity index (χ0) is 23.7. The Morgan fingerprint density at radius 2 is 1.85 bits per heavy atom. The van der Waals surface area contributed by atoms with Gasteiger partial charge in [0, 0.05) is 63.4 Å². The van der Waals surface area contributed by atoms with Crippen LogP contribution in [0.1, 0.15) is 59.4 Å². The average Bonchev–Trinajstić information content (AvgIpc) is 3.63. The quantitative estimate of drug-likeness (QED) is 0.711. The van der Waals surface area contributed by atoms with Gasteiger partial charge in [-0.1, -0.05) is 30.3 Å². The van der Waals surface area contributed by atoms with Crippen molar-refractivity contribution in [3.05, 3.63) is 52.8 Å². The molecule has 0 spiro atoms. The van der Waals surface area contributed by atoms with Crippen molar-refractivity contribution in [2.75, 3.05) is 19.6 Å². The molecule has 3 heterocycles. The first-order chi connectivity index (χ1) is 16.5. The molecule has 180 valence electrons. The van der Waals surface area contributed by atoms with E-state index in [4.69, 9.17) is 0 Å². The molecule has 2 fully saturated rings. The Balaban J connectivity index is 1.25. The normalized spacial score (nSPS) is 20.1. The summed E-state index contributed by atoms with van der Waals surface area (Å²) in [6.45, 7) is 2.12. The summed E-state index contributed by atoms with van der Waals surface area (Å²) in [5.74, 6) is -0.113. The number of carbonyl (C=O) groups excluding carboxylic acids is 3. The number of nitrogens with one attached hydrogen (secondary N) is 1. The van der Waals surface area contributed by atoms with Gasteiger partial charge in [-0.25, -0.2) is 0 Å². The van der Waals surface area contributed by atoms with Gasteiger partial charge in [-0.15, -0.1) is 0 Å². The van der Waals surface area contributed by atoms with Crippen molar-refractivity contribution < 1.29 is 14.4 Å². The summed E-state index contributed by atoms with van der Waals surface area (Å²) in [5.41, 5.74) is 3.46. The van der Waals surface area contributed by atoms with E-state index in [9.17, 15) is 14.4 Å². The van der Waals surface area contributed by atoms with E-state index in [1.807, 2.05) is 42.3 Å². The molecule has 1 atom stereocenters. The molecule has 8 heteroatoms. The van der Waals surface area contributed by atoms with E-state index in [1.54, 1.807) is 9.58 Å². The molecule has 2 aliphatic heterocycles. The Morgan fingerprint density at radius 3 is 2.62 bits per heavy atom. The van der Waals surface area contributed by atoms with Crippen LogP contribution >= 0.6 is 0 Å². The van der Waals surface area contributed by atoms with Gasteiger partial charge in [0.25, 0.3) is 5.91 Å². The molecule has 34 heavy (non-hydrogen) atoms. The Labute approximate surface area is 200 Å². The number of hydrogen-bond donors (Lipinski definition) is 1. The summed E-state index contributed by atoms with van der Waals surface area (Å²) in [4.78, 5) is 42.6. The maximum absolute atomic E-state index is 13.5. The molecule has 1 N–H and O–H groups in total. The fourth-order valence-electron chi connectivity index (χ4n) is 5.10. The van der Waals surface area contributed by atoms with Gasteiger partial charge < -0.3 is 15.1 Å². The first kappa shape index (κ1) is 22.6. The molecule has 0 radical (unpaired) electrons. The van der Waals surface area contributed by atoms with Crippen LogP contribution in [-0.2, 0) is 36.0 Å². The number of carbonyl (C=O) groups is 3. The predicted molar refractivity (Wildman–Crippen MR) is 127 cm³/mol. The van der Waals surface area contributed by atoms with Gasteiger partial charge in [-0.2, -0.15) is 5.10 Å². The number of hydrogen-bond acceptors (Lipinski definition) is 4. The predicted octanol–water partition coefficient (Wildman–Crippen LogP) is 2.07. The van der Waals surface area contributed by atoms with Crippen LogP contribution in [0.25, 0.3) is 0 Å². The zero-order valence-corrected chi connectivity index (χ0v) is 19.8. The van der Waals surface area contributed by atoms with Crippen LogP contribution in [0.15, 0.2) is 30.3 Å². The van der Waals surface area contributed by atoms with E-state index < -0.39 is 0 Å². The highest BCUT2D eigenvalue weighted by Crippen LogP contribution is 2.27. The standard InChI is InChI=1S/C26H33N5O3/c1-29-22-13-15-30(23(32)12-9-18-6-3-2-4-7-18)17-21(22)24(28-29)26(34)31-14-5-8-19(16-31)25(33)27-20-10-11-20/h2-4,6-7,19-20H,5,8-17H2,1H3,(H,27,33)/t19-/m1/s1. The number of nitrogens with zero attached hydrogens (tertiary/aromatic N) is 4. The molecule has 3 amide bonds. The minimum atomic E-state index is -0.158. The molecule has 3 aliphatic rings. The maximum Gasteiger partial charge on any atom is 0.274 e. The molecule has 1 saturated carbocycles. The third kappa shape index (κ3) is 4.86. The number of piperidine rings is 1. The lowest BCUT2D eigenvalue weighted by Gasteiger charge is -2.32. The second-order valence-electron chi connectivity index (χ2n) is 9.82. The minimum absolute atomic E-state index is 0.0678. The van der Waals surface area contributed by atoms with E-state index in [0.717, 1.165) is 42.5 Å². The van der Waals surface area contributed by atoms with Gasteiger partial charge in [-0.3, -0.25) is 19.1 Å². The molecule has 1 saturated heterocycles. The smallest absolute Gasteiger partial charge is 0.274 e. The zero-order valence-electron chi connectivity index (χ0n) is 19.8. The fraction of sp³-hybridized carbons (Fsp3) is 0.538. The Kier molecular flexibility index (Phi) is 6.39. The number of amides is 3. The van der Waals surface area contributed by atoms with Crippen molar-refractivity contribution in [2.24, 2.45) is 13.0 Å². The van der Waals surface area contributed by atoms with Gasteiger partial charge in [0.05, 0.1) is 5.92 Å². The van der Waals surface area contributed by atoms with Crippen LogP contribution < -0.4 is 5.32 Å². The highest BCUT2D eigenvalue weighted by atomic mass is 16.2. The van der Waals surface area contributed by atoms with Gasteiger partial charge in [0.2, 0.25) is 11.8 Å². The van der Waals surface area contributed by atoms with Crippen LogP contribution in [0.3, 0.4) is 0 Å². The van der Waals surface area contributed by atoms with Crippen LogP contribution in [-0.4, -0.2) is 63.0 Å². The van der Waals surface area contributed by atoms with Crippen LogP contribution in [0.4, 0.5) is 0 Å². The first-order valence-electron chi connectivity index (χ1n) is 12.5. The monoisotopic (exact) mass is 463 g/mol. The molecular weight excluding hydrogens is 430 g/mol. The van der Waals surface area contributed by atoms with Crippen LogP contribution in [0, 0.1) is 5.92 Å². The maximum atomic E-state index is 13.5. The first-order valence-corrected chi connectivity index (χ1v) is 12.5. The Bertz CT molecular complexity index is 1080. The number of benzene rings is 1. The Hall–Kier alpha value is -3.16. The minimum Gasteiger partial charge on any atom is -0.353 e. The van der Waals surface area contributed by atoms with E-state index in [2.05, 4.69) is 10.4 Å². The van der Waals surface area contributed by atoms with Crippen molar-refractivity contribution in [1.82, 2.24) is 24.9 Å². The highest BCUT2D eigenvalue weighted by molar-refractivity contribution is 5.95. The van der Waals surface area contributed by atoms with E-state index in [1.165, 1.54) is 0 Å². The SMILES string of the molecule is Cn1nc(C(=O)N2CCC[C@@H](C(=O)NC3CC3)C2)c2c1CCN(C(=O)CCc1ccccc1)C2. The molecular formula is C26H33N5O3. The lowest BCUT2D eigenvalue weighted by Crippen LogP contribution is -2.46. The van der Waals surface area contributed by atoms with Crippen molar-refractivity contribution in [1.29, 1.82) is 0 Å². The van der Waals surface area contributed by atoms with Crippen LogP contribution in [0.5, 0.6) is 0 Å². The molecule has 0 unspecified atom stereocenters. The number of likely N-dealkylation sites (tertiary alicyclic amines) is 1. The summed E-state index contributed by atoms with van der Waals surface area (Å²) in [6, 6.07) is 10.4. The van der Waals surface area contributed by atoms with Gasteiger partial charge >= 0.3 is 0 Å². The largest absolute Gasteiger partial charge is 0.353 e. The Morgan fingerprint density at radius 1 is 1.06 bits per heavy atom. The molecule has 1 aliphatic carbocycles. The molecule has 1 aromatic heterocycles. The number of aromatic nitrogens is 2. The number of rotatable bonds is 6. The van der Waals surface area contributed by atoms with Gasteiger partial charge in [0.15, 0.2) is 5.69 Å². The molecule has 8 nitrogen and oxygen atoms in total. The molecule has 0 bridgehead atoms. The molecule has 1 aromatic carbocycles. The van der Waals surface area contributed by atoms with Crippen molar-refractivity contribution in [3.63, 3.8) is 0 Å². The molecule has 5 rings (SSSR count). The summed E-state index contributed by atoms with van der Waals surface area (Å²) >= 11 is 0.